The molecule has 0 aromatic carbocycles. The van der Waals surface area contributed by atoms with Crippen LogP contribution in [-0.2, 0) is 4.79 Å². The minimum absolute atomic E-state index is 0.0192. The highest BCUT2D eigenvalue weighted by Gasteiger charge is 2.08. The highest BCUT2D eigenvalue weighted by atomic mass is 16.2. The number of nitrogens with zero attached hydrogens (tertiary/aromatic N) is 3. The zero-order chi connectivity index (χ0) is 10.8. The zero-order valence-electron chi connectivity index (χ0n) is 8.29. The van der Waals surface area contributed by atoms with Gasteiger partial charge in [0.05, 0.1) is 25.2 Å². The Bertz CT molecular complexity index is 251. The van der Waals surface area contributed by atoms with E-state index in [0.29, 0.717) is 6.54 Å². The number of carbonyl (C=O) groups excluding carboxylic acids is 1. The van der Waals surface area contributed by atoms with Crippen molar-refractivity contribution in [1.29, 1.82) is 10.5 Å². The molecule has 0 aliphatic carbocycles. The van der Waals surface area contributed by atoms with Crippen LogP contribution >= 0.6 is 0 Å². The topological polar surface area (TPSA) is 79.9 Å². The summed E-state index contributed by atoms with van der Waals surface area (Å²) in [5.41, 5.74) is 0. The van der Waals surface area contributed by atoms with E-state index in [9.17, 15) is 4.79 Å². The molecule has 0 heterocycles. The largest absolute Gasteiger partial charge is 0.342 e. The van der Waals surface area contributed by atoms with Crippen LogP contribution in [0.5, 0.6) is 0 Å². The maximum absolute atomic E-state index is 11.1. The van der Waals surface area contributed by atoms with Gasteiger partial charge in [-0.3, -0.25) is 9.69 Å². The second kappa shape index (κ2) is 8.03. The quantitative estimate of drug-likeness (QED) is 0.597. The van der Waals surface area contributed by atoms with Gasteiger partial charge >= 0.3 is 0 Å². The van der Waals surface area contributed by atoms with E-state index in [2.05, 4.69) is 5.32 Å². The van der Waals surface area contributed by atoms with E-state index in [0.717, 1.165) is 6.42 Å². The summed E-state index contributed by atoms with van der Waals surface area (Å²) in [7, 11) is 0. The predicted octanol–water partition coefficient (Wildman–Crippen LogP) is -0.138. The molecular weight excluding hydrogens is 180 g/mol. The van der Waals surface area contributed by atoms with Crippen molar-refractivity contribution in [3.05, 3.63) is 0 Å². The Labute approximate surface area is 83.9 Å². The van der Waals surface area contributed by atoms with Gasteiger partial charge in [0.2, 0.25) is 5.91 Å². The van der Waals surface area contributed by atoms with Crippen LogP contribution in [0.15, 0.2) is 0 Å². The molecule has 0 saturated heterocycles. The summed E-state index contributed by atoms with van der Waals surface area (Å²) in [6, 6.07) is 3.82. The predicted molar refractivity (Wildman–Crippen MR) is 51.0 cm³/mol. The number of nitrogens with one attached hydrogen (secondary N) is 1. The summed E-state index contributed by atoms with van der Waals surface area (Å²) >= 11 is 0. The van der Waals surface area contributed by atoms with Crippen LogP contribution in [0.4, 0.5) is 0 Å². The van der Waals surface area contributed by atoms with Crippen molar-refractivity contribution < 1.29 is 4.79 Å². The number of rotatable bonds is 6. The van der Waals surface area contributed by atoms with Gasteiger partial charge in [-0.15, -0.1) is 0 Å². The van der Waals surface area contributed by atoms with Gasteiger partial charge in [0.25, 0.3) is 0 Å². The summed E-state index contributed by atoms with van der Waals surface area (Å²) in [5.74, 6) is -0.213. The molecule has 0 bridgehead atoms. The van der Waals surface area contributed by atoms with Gasteiger partial charge in [-0.1, -0.05) is 6.92 Å². The van der Waals surface area contributed by atoms with E-state index in [1.54, 1.807) is 4.90 Å². The van der Waals surface area contributed by atoms with E-state index in [1.165, 1.54) is 0 Å². The summed E-state index contributed by atoms with van der Waals surface area (Å²) in [4.78, 5) is 12.9. The third kappa shape index (κ3) is 5.99. The lowest BCUT2D eigenvalue weighted by atomic mass is 10.4. The van der Waals surface area contributed by atoms with E-state index < -0.39 is 0 Å². The van der Waals surface area contributed by atoms with Crippen LogP contribution in [0.1, 0.15) is 13.3 Å². The van der Waals surface area contributed by atoms with E-state index in [-0.39, 0.29) is 25.5 Å². The van der Waals surface area contributed by atoms with Crippen molar-refractivity contribution in [3.63, 3.8) is 0 Å². The average Bonchev–Trinajstić information content (AvgIpc) is 2.15. The molecule has 0 aliphatic rings. The Morgan fingerprint density at radius 1 is 1.43 bits per heavy atom. The second-order valence-corrected chi connectivity index (χ2v) is 2.80. The van der Waals surface area contributed by atoms with Crippen molar-refractivity contribution in [2.24, 2.45) is 0 Å². The molecule has 0 atom stereocenters. The molecule has 0 unspecified atom stereocenters. The van der Waals surface area contributed by atoms with Crippen molar-refractivity contribution in [2.45, 2.75) is 13.3 Å². The van der Waals surface area contributed by atoms with Gasteiger partial charge in [-0.2, -0.15) is 10.5 Å². The Morgan fingerprint density at radius 2 is 2.14 bits per heavy atom. The lowest BCUT2D eigenvalue weighted by Gasteiger charge is -2.16. The molecule has 0 aliphatic heterocycles. The Balaban J connectivity index is 3.85. The smallest absolute Gasteiger partial charge is 0.235 e. The van der Waals surface area contributed by atoms with E-state index >= 15 is 0 Å². The van der Waals surface area contributed by atoms with Crippen molar-refractivity contribution in [1.82, 2.24) is 10.2 Å². The van der Waals surface area contributed by atoms with E-state index in [4.69, 9.17) is 10.5 Å². The Kier molecular flexibility index (Phi) is 7.12. The van der Waals surface area contributed by atoms with Gasteiger partial charge in [-0.25, -0.2) is 0 Å². The SMILES string of the molecule is CCCN(CC#N)CC(=O)NCC#N. The third-order valence-corrected chi connectivity index (χ3v) is 1.57. The number of hydrogen-bond acceptors (Lipinski definition) is 4. The fourth-order valence-corrected chi connectivity index (χ4v) is 1.03. The summed E-state index contributed by atoms with van der Waals surface area (Å²) < 4.78 is 0. The van der Waals surface area contributed by atoms with Crippen LogP contribution in [-0.4, -0.2) is 37.0 Å². The fraction of sp³-hybridized carbons (Fsp3) is 0.667. The monoisotopic (exact) mass is 194 g/mol. The first-order chi connectivity index (χ1) is 6.74. The lowest BCUT2D eigenvalue weighted by molar-refractivity contribution is -0.121. The summed E-state index contributed by atoms with van der Waals surface area (Å²) in [5, 5.41) is 19.1. The van der Waals surface area contributed by atoms with Crippen LogP contribution in [0.3, 0.4) is 0 Å². The van der Waals surface area contributed by atoms with Crippen LogP contribution in [0, 0.1) is 22.7 Å². The van der Waals surface area contributed by atoms with Gasteiger partial charge < -0.3 is 5.32 Å². The molecule has 14 heavy (non-hydrogen) atoms. The van der Waals surface area contributed by atoms with Crippen molar-refractivity contribution in [2.75, 3.05) is 26.2 Å². The van der Waals surface area contributed by atoms with Gasteiger partial charge in [0.15, 0.2) is 0 Å². The number of nitriles is 2. The number of hydrogen-bond donors (Lipinski definition) is 1. The van der Waals surface area contributed by atoms with E-state index in [1.807, 2.05) is 19.1 Å². The average molecular weight is 194 g/mol. The molecule has 0 aromatic rings. The number of amides is 1. The molecule has 0 aromatic heterocycles. The maximum atomic E-state index is 11.1. The minimum atomic E-state index is -0.213. The molecular formula is C9H14N4O. The number of carbonyl (C=O) groups is 1. The first kappa shape index (κ1) is 12.4. The molecule has 0 spiro atoms. The van der Waals surface area contributed by atoms with Crippen LogP contribution in [0.25, 0.3) is 0 Å². The second-order valence-electron chi connectivity index (χ2n) is 2.80. The zero-order valence-corrected chi connectivity index (χ0v) is 8.29. The summed E-state index contributed by atoms with van der Waals surface area (Å²) in [6.45, 7) is 3.15. The molecule has 76 valence electrons. The molecule has 1 N–H and O–H groups in total. The lowest BCUT2D eigenvalue weighted by Crippen LogP contribution is -2.37. The Hall–Kier alpha value is -1.59. The third-order valence-electron chi connectivity index (χ3n) is 1.57. The fourth-order valence-electron chi connectivity index (χ4n) is 1.03. The molecule has 1 amide bonds. The molecule has 0 saturated carbocycles. The van der Waals surface area contributed by atoms with Crippen molar-refractivity contribution >= 4 is 5.91 Å². The molecule has 0 rings (SSSR count). The van der Waals surface area contributed by atoms with Gasteiger partial charge in [-0.05, 0) is 13.0 Å². The van der Waals surface area contributed by atoms with Crippen LogP contribution < -0.4 is 5.32 Å². The Morgan fingerprint density at radius 3 is 2.64 bits per heavy atom. The normalized spacial score (nSPS) is 9.14. The van der Waals surface area contributed by atoms with Crippen molar-refractivity contribution in [3.8, 4) is 12.1 Å². The molecule has 0 radical (unpaired) electrons. The molecule has 5 heteroatoms. The molecule has 5 nitrogen and oxygen atoms in total. The standard InChI is InChI=1S/C9H14N4O/c1-2-6-13(7-4-11)8-9(14)12-5-3-10/h2,5-8H2,1H3,(H,12,14). The highest BCUT2D eigenvalue weighted by molar-refractivity contribution is 5.78. The first-order valence-corrected chi connectivity index (χ1v) is 4.47. The summed E-state index contributed by atoms with van der Waals surface area (Å²) in [6.07, 6.45) is 0.896. The maximum Gasteiger partial charge on any atom is 0.235 e. The molecule has 0 fully saturated rings. The first-order valence-electron chi connectivity index (χ1n) is 4.47. The highest BCUT2D eigenvalue weighted by Crippen LogP contribution is 1.89. The van der Waals surface area contributed by atoms with Crippen LogP contribution in [0.2, 0.25) is 0 Å². The van der Waals surface area contributed by atoms with Gasteiger partial charge in [0.1, 0.15) is 6.54 Å². The minimum Gasteiger partial charge on any atom is -0.342 e. The van der Waals surface area contributed by atoms with Gasteiger partial charge in [0, 0.05) is 0 Å².